The number of hydrogen-bond acceptors (Lipinski definition) is 3. The summed E-state index contributed by atoms with van der Waals surface area (Å²) in [5, 5.41) is 0. The molecule has 14 heavy (non-hydrogen) atoms. The van der Waals surface area contributed by atoms with E-state index in [0.29, 0.717) is 11.6 Å². The highest BCUT2D eigenvalue weighted by Crippen LogP contribution is 2.28. The topological polar surface area (TPSA) is 35.2 Å². The molecule has 0 amide bonds. The molecule has 76 valence electrons. The van der Waals surface area contributed by atoms with Crippen molar-refractivity contribution in [1.29, 1.82) is 0 Å². The largest absolute Gasteiger partial charge is 0.493 e. The molecule has 0 unspecified atom stereocenters. The van der Waals surface area contributed by atoms with E-state index in [1.54, 1.807) is 11.8 Å². The highest BCUT2D eigenvalue weighted by molar-refractivity contribution is 7.98. The van der Waals surface area contributed by atoms with E-state index in [4.69, 9.17) is 22.7 Å². The van der Waals surface area contributed by atoms with Crippen LogP contribution in [-0.2, 0) is 0 Å². The van der Waals surface area contributed by atoms with Crippen molar-refractivity contribution in [2.45, 2.75) is 11.8 Å². The minimum atomic E-state index is 0.387. The highest BCUT2D eigenvalue weighted by atomic mass is 32.2. The van der Waals surface area contributed by atoms with Gasteiger partial charge in [-0.05, 0) is 25.3 Å². The van der Waals surface area contributed by atoms with Crippen LogP contribution in [0, 0.1) is 0 Å². The summed E-state index contributed by atoms with van der Waals surface area (Å²) in [6, 6.07) is 5.82. The van der Waals surface area contributed by atoms with Crippen molar-refractivity contribution in [3.8, 4) is 5.75 Å². The van der Waals surface area contributed by atoms with Crippen LogP contribution in [0.3, 0.4) is 0 Å². The van der Waals surface area contributed by atoms with Crippen LogP contribution in [0.4, 0.5) is 0 Å². The van der Waals surface area contributed by atoms with Crippen LogP contribution in [0.25, 0.3) is 0 Å². The maximum atomic E-state index is 5.66. The Labute approximate surface area is 93.8 Å². The van der Waals surface area contributed by atoms with Crippen LogP contribution in [0.1, 0.15) is 12.5 Å². The average Bonchev–Trinajstić information content (AvgIpc) is 2.17. The van der Waals surface area contributed by atoms with Gasteiger partial charge in [-0.25, -0.2) is 0 Å². The number of benzene rings is 1. The summed E-state index contributed by atoms with van der Waals surface area (Å²) >= 11 is 6.62. The lowest BCUT2D eigenvalue weighted by Gasteiger charge is -2.11. The average molecular weight is 227 g/mol. The zero-order valence-corrected chi connectivity index (χ0v) is 9.87. The third kappa shape index (κ3) is 2.39. The van der Waals surface area contributed by atoms with Gasteiger partial charge in [0, 0.05) is 4.90 Å². The lowest BCUT2D eigenvalue weighted by atomic mass is 10.2. The first-order valence-electron chi connectivity index (χ1n) is 4.30. The quantitative estimate of drug-likeness (QED) is 0.633. The Morgan fingerprint density at radius 3 is 2.79 bits per heavy atom. The third-order valence-electron chi connectivity index (χ3n) is 1.75. The SMILES string of the molecule is CCOc1cccc(SC)c1C(N)=S. The Kier molecular flexibility index (Phi) is 4.22. The molecule has 1 aromatic rings. The van der Waals surface area contributed by atoms with Gasteiger partial charge in [0.25, 0.3) is 0 Å². The van der Waals surface area contributed by atoms with Crippen LogP contribution in [0.15, 0.2) is 23.1 Å². The number of rotatable bonds is 4. The minimum absolute atomic E-state index is 0.387. The molecule has 0 spiro atoms. The Bertz CT molecular complexity index is 339. The van der Waals surface area contributed by atoms with Gasteiger partial charge in [0.05, 0.1) is 12.2 Å². The van der Waals surface area contributed by atoms with E-state index < -0.39 is 0 Å². The Hall–Kier alpha value is -0.740. The summed E-state index contributed by atoms with van der Waals surface area (Å²) in [4.78, 5) is 1.45. The first kappa shape index (κ1) is 11.3. The normalized spacial score (nSPS) is 9.86. The van der Waals surface area contributed by atoms with E-state index in [0.717, 1.165) is 16.2 Å². The molecule has 1 rings (SSSR count). The fourth-order valence-electron chi connectivity index (χ4n) is 1.20. The molecule has 0 radical (unpaired) electrons. The van der Waals surface area contributed by atoms with E-state index in [1.807, 2.05) is 31.4 Å². The molecule has 0 aliphatic heterocycles. The predicted octanol–water partition coefficient (Wildman–Crippen LogP) is 2.44. The van der Waals surface area contributed by atoms with Gasteiger partial charge in [0.1, 0.15) is 10.7 Å². The Balaban J connectivity index is 3.20. The van der Waals surface area contributed by atoms with E-state index in [-0.39, 0.29) is 0 Å². The van der Waals surface area contributed by atoms with Crippen molar-refractivity contribution in [2.75, 3.05) is 12.9 Å². The molecule has 1 aromatic carbocycles. The fraction of sp³-hybridized carbons (Fsp3) is 0.300. The molecular formula is C10H13NOS2. The molecule has 0 bridgehead atoms. The van der Waals surface area contributed by atoms with Gasteiger partial charge in [-0.15, -0.1) is 11.8 Å². The predicted molar refractivity (Wildman–Crippen MR) is 65.3 cm³/mol. The van der Waals surface area contributed by atoms with Gasteiger partial charge in [-0.3, -0.25) is 0 Å². The first-order chi connectivity index (χ1) is 6.70. The number of thiocarbonyl (C=S) groups is 1. The summed E-state index contributed by atoms with van der Waals surface area (Å²) in [6.07, 6.45) is 1.99. The lowest BCUT2D eigenvalue weighted by molar-refractivity contribution is 0.339. The second-order valence-electron chi connectivity index (χ2n) is 2.63. The van der Waals surface area contributed by atoms with Crippen LogP contribution >= 0.6 is 24.0 Å². The number of nitrogens with two attached hydrogens (primary N) is 1. The summed E-state index contributed by atoms with van der Waals surface area (Å²) in [7, 11) is 0. The van der Waals surface area contributed by atoms with E-state index >= 15 is 0 Å². The molecule has 0 aromatic heterocycles. The standard InChI is InChI=1S/C10H13NOS2/c1-3-12-7-5-4-6-8(14-2)9(7)10(11)13/h4-6H,3H2,1-2H3,(H2,11,13). The van der Waals surface area contributed by atoms with Gasteiger partial charge in [-0.2, -0.15) is 0 Å². The maximum absolute atomic E-state index is 5.66. The summed E-state index contributed by atoms with van der Waals surface area (Å²) in [5.74, 6) is 0.770. The zero-order chi connectivity index (χ0) is 10.6. The van der Waals surface area contributed by atoms with Crippen LogP contribution in [-0.4, -0.2) is 17.9 Å². The molecule has 0 aliphatic rings. The Morgan fingerprint density at radius 2 is 2.29 bits per heavy atom. The number of hydrogen-bond donors (Lipinski definition) is 1. The Morgan fingerprint density at radius 1 is 1.57 bits per heavy atom. The van der Waals surface area contributed by atoms with Gasteiger partial charge >= 0.3 is 0 Å². The van der Waals surface area contributed by atoms with Crippen molar-refractivity contribution >= 4 is 29.0 Å². The highest BCUT2D eigenvalue weighted by Gasteiger charge is 2.10. The van der Waals surface area contributed by atoms with Crippen molar-refractivity contribution in [3.05, 3.63) is 23.8 Å². The van der Waals surface area contributed by atoms with Crippen LogP contribution in [0.2, 0.25) is 0 Å². The monoisotopic (exact) mass is 227 g/mol. The molecule has 0 atom stereocenters. The van der Waals surface area contributed by atoms with Gasteiger partial charge in [0.2, 0.25) is 0 Å². The van der Waals surface area contributed by atoms with Crippen LogP contribution in [0.5, 0.6) is 5.75 Å². The van der Waals surface area contributed by atoms with Gasteiger partial charge in [-0.1, -0.05) is 18.3 Å². The van der Waals surface area contributed by atoms with E-state index in [9.17, 15) is 0 Å². The fourth-order valence-corrected chi connectivity index (χ4v) is 2.10. The molecule has 0 saturated carbocycles. The van der Waals surface area contributed by atoms with Crippen molar-refractivity contribution in [1.82, 2.24) is 0 Å². The van der Waals surface area contributed by atoms with Gasteiger partial charge in [0.15, 0.2) is 0 Å². The second kappa shape index (κ2) is 5.22. The maximum Gasteiger partial charge on any atom is 0.130 e. The summed E-state index contributed by atoms with van der Waals surface area (Å²) in [6.45, 7) is 2.56. The van der Waals surface area contributed by atoms with Crippen molar-refractivity contribution < 1.29 is 4.74 Å². The van der Waals surface area contributed by atoms with Crippen molar-refractivity contribution in [3.63, 3.8) is 0 Å². The molecule has 0 aliphatic carbocycles. The van der Waals surface area contributed by atoms with Gasteiger partial charge < -0.3 is 10.5 Å². The molecule has 0 heterocycles. The summed E-state index contributed by atoms with van der Waals surface area (Å²) < 4.78 is 5.46. The molecule has 0 fully saturated rings. The van der Waals surface area contributed by atoms with Crippen molar-refractivity contribution in [2.24, 2.45) is 5.73 Å². The number of ether oxygens (including phenoxy) is 1. The molecule has 0 saturated heterocycles. The smallest absolute Gasteiger partial charge is 0.130 e. The molecular weight excluding hydrogens is 214 g/mol. The second-order valence-corrected chi connectivity index (χ2v) is 3.92. The molecule has 2 N–H and O–H groups in total. The first-order valence-corrected chi connectivity index (χ1v) is 5.93. The van der Waals surface area contributed by atoms with Crippen LogP contribution < -0.4 is 10.5 Å². The third-order valence-corrected chi connectivity index (χ3v) is 2.74. The lowest BCUT2D eigenvalue weighted by Crippen LogP contribution is -2.13. The molecule has 4 heteroatoms. The van der Waals surface area contributed by atoms with E-state index in [1.165, 1.54) is 0 Å². The number of thioether (sulfide) groups is 1. The molecule has 2 nitrogen and oxygen atoms in total. The zero-order valence-electron chi connectivity index (χ0n) is 8.24. The summed E-state index contributed by atoms with van der Waals surface area (Å²) in [5.41, 5.74) is 6.50. The van der Waals surface area contributed by atoms with E-state index in [2.05, 4.69) is 0 Å². The minimum Gasteiger partial charge on any atom is -0.493 e.